The predicted octanol–water partition coefficient (Wildman–Crippen LogP) is 1.93. The first-order chi connectivity index (χ1) is 13.5. The molecule has 0 saturated carbocycles. The van der Waals surface area contributed by atoms with Gasteiger partial charge in [-0.2, -0.15) is 0 Å². The standard InChI is InChI=1S/C20H20N6O2/c1-12-15(23-11-22-12)18(27)26-9-7-20(16(26)17-21-8-10-25(17)2)13-5-3-4-6-14(13)24-19(20)28/h3-6,8,10-11,16H,7,9H2,1-2H3,(H,22,23)(H,24,28)/t16-,20+/m0/s1. The second kappa shape index (κ2) is 5.79. The maximum Gasteiger partial charge on any atom is 0.274 e. The molecular formula is C20H20N6O2. The number of aromatic amines is 1. The van der Waals surface area contributed by atoms with Gasteiger partial charge in [0.05, 0.1) is 6.33 Å². The van der Waals surface area contributed by atoms with Crippen molar-refractivity contribution in [3.05, 3.63) is 65.8 Å². The van der Waals surface area contributed by atoms with Crippen LogP contribution in [0.5, 0.6) is 0 Å². The number of anilines is 1. The minimum absolute atomic E-state index is 0.0873. The number of carbonyl (C=O) groups excluding carboxylic acids is 2. The highest BCUT2D eigenvalue weighted by Crippen LogP contribution is 2.54. The number of likely N-dealkylation sites (tertiary alicyclic amines) is 1. The second-order valence-electron chi connectivity index (χ2n) is 7.39. The minimum Gasteiger partial charge on any atom is -0.348 e. The number of aryl methyl sites for hydroxylation is 2. The van der Waals surface area contributed by atoms with Crippen molar-refractivity contribution in [3.8, 4) is 0 Å². The maximum atomic E-state index is 13.4. The smallest absolute Gasteiger partial charge is 0.274 e. The lowest BCUT2D eigenvalue weighted by atomic mass is 9.74. The molecule has 2 aliphatic rings. The summed E-state index contributed by atoms with van der Waals surface area (Å²) in [6.07, 6.45) is 5.58. The summed E-state index contributed by atoms with van der Waals surface area (Å²) in [5, 5.41) is 3.01. The highest BCUT2D eigenvalue weighted by atomic mass is 16.2. The van der Waals surface area contributed by atoms with Crippen molar-refractivity contribution >= 4 is 17.5 Å². The first-order valence-corrected chi connectivity index (χ1v) is 9.23. The van der Waals surface area contributed by atoms with Crippen LogP contribution in [0, 0.1) is 6.92 Å². The lowest BCUT2D eigenvalue weighted by Gasteiger charge is -2.33. The van der Waals surface area contributed by atoms with Crippen LogP contribution in [0.2, 0.25) is 0 Å². The van der Waals surface area contributed by atoms with Crippen LogP contribution in [0.25, 0.3) is 0 Å². The van der Waals surface area contributed by atoms with Crippen LogP contribution in [-0.4, -0.2) is 42.8 Å². The van der Waals surface area contributed by atoms with Crippen LogP contribution in [0.1, 0.15) is 40.0 Å². The van der Waals surface area contributed by atoms with Crippen LogP contribution < -0.4 is 5.32 Å². The molecule has 3 aromatic rings. The van der Waals surface area contributed by atoms with Gasteiger partial charge < -0.3 is 19.8 Å². The monoisotopic (exact) mass is 376 g/mol. The highest BCUT2D eigenvalue weighted by Gasteiger charge is 2.60. The fourth-order valence-electron chi connectivity index (χ4n) is 4.62. The number of amides is 2. The third-order valence-electron chi connectivity index (χ3n) is 5.98. The van der Waals surface area contributed by atoms with Gasteiger partial charge in [0.25, 0.3) is 5.91 Å². The van der Waals surface area contributed by atoms with Crippen LogP contribution in [0.3, 0.4) is 0 Å². The van der Waals surface area contributed by atoms with Crippen LogP contribution in [0.4, 0.5) is 5.69 Å². The number of rotatable bonds is 2. The SMILES string of the molecule is Cc1[nH]cnc1C(=O)N1CC[C@]2(C(=O)Nc3ccccc32)[C@@H]1c1nccn1C. The Morgan fingerprint density at radius 2 is 2.11 bits per heavy atom. The fraction of sp³-hybridized carbons (Fsp3) is 0.300. The molecule has 0 bridgehead atoms. The molecular weight excluding hydrogens is 356 g/mol. The molecule has 0 aliphatic carbocycles. The molecule has 1 aromatic carbocycles. The molecule has 28 heavy (non-hydrogen) atoms. The number of para-hydroxylation sites is 1. The fourth-order valence-corrected chi connectivity index (χ4v) is 4.62. The number of fused-ring (bicyclic) bond motifs is 2. The Morgan fingerprint density at radius 3 is 2.82 bits per heavy atom. The number of hydrogen-bond donors (Lipinski definition) is 2. The maximum absolute atomic E-state index is 13.4. The van der Waals surface area contributed by atoms with Gasteiger partial charge in [0.15, 0.2) is 0 Å². The molecule has 5 rings (SSSR count). The Kier molecular flexibility index (Phi) is 3.46. The summed E-state index contributed by atoms with van der Waals surface area (Å²) >= 11 is 0. The van der Waals surface area contributed by atoms with Gasteiger partial charge in [0.2, 0.25) is 5.91 Å². The molecule has 1 saturated heterocycles. The van der Waals surface area contributed by atoms with Crippen molar-refractivity contribution in [2.45, 2.75) is 24.8 Å². The van der Waals surface area contributed by atoms with E-state index < -0.39 is 11.5 Å². The molecule has 0 unspecified atom stereocenters. The van der Waals surface area contributed by atoms with Gasteiger partial charge in [-0.25, -0.2) is 9.97 Å². The van der Waals surface area contributed by atoms with Gasteiger partial charge >= 0.3 is 0 Å². The summed E-state index contributed by atoms with van der Waals surface area (Å²) in [5.74, 6) is 0.405. The topological polar surface area (TPSA) is 95.9 Å². The molecule has 8 nitrogen and oxygen atoms in total. The largest absolute Gasteiger partial charge is 0.348 e. The van der Waals surface area contributed by atoms with Crippen molar-refractivity contribution in [2.75, 3.05) is 11.9 Å². The Bertz CT molecular complexity index is 1100. The summed E-state index contributed by atoms with van der Waals surface area (Å²) < 4.78 is 1.88. The van der Waals surface area contributed by atoms with Gasteiger partial charge in [0, 0.05) is 37.4 Å². The molecule has 1 fully saturated rings. The van der Waals surface area contributed by atoms with Gasteiger partial charge in [-0.05, 0) is 25.0 Å². The number of H-pyrrole nitrogens is 1. The second-order valence-corrected chi connectivity index (χ2v) is 7.39. The van der Waals surface area contributed by atoms with Crippen molar-refractivity contribution in [2.24, 2.45) is 7.05 Å². The van der Waals surface area contributed by atoms with Crippen LogP contribution in [0.15, 0.2) is 43.0 Å². The van der Waals surface area contributed by atoms with Crippen LogP contribution >= 0.6 is 0 Å². The van der Waals surface area contributed by atoms with E-state index in [9.17, 15) is 9.59 Å². The first kappa shape index (κ1) is 16.7. The van der Waals surface area contributed by atoms with E-state index in [4.69, 9.17) is 0 Å². The van der Waals surface area contributed by atoms with Gasteiger partial charge in [-0.15, -0.1) is 0 Å². The van der Waals surface area contributed by atoms with Gasteiger partial charge in [-0.1, -0.05) is 18.2 Å². The third-order valence-corrected chi connectivity index (χ3v) is 5.98. The summed E-state index contributed by atoms with van der Waals surface area (Å²) in [4.78, 5) is 40.1. The molecule has 2 amide bonds. The molecule has 4 heterocycles. The molecule has 142 valence electrons. The summed E-state index contributed by atoms with van der Waals surface area (Å²) in [5.41, 5.74) is 1.94. The molecule has 1 spiro atoms. The summed E-state index contributed by atoms with van der Waals surface area (Å²) in [6.45, 7) is 2.27. The first-order valence-electron chi connectivity index (χ1n) is 9.23. The van der Waals surface area contributed by atoms with E-state index >= 15 is 0 Å². The average Bonchev–Trinajstić information content (AvgIpc) is 3.43. The predicted molar refractivity (Wildman–Crippen MR) is 102 cm³/mol. The molecule has 8 heteroatoms. The lowest BCUT2D eigenvalue weighted by Crippen LogP contribution is -2.44. The molecule has 2 atom stereocenters. The average molecular weight is 376 g/mol. The number of nitrogens with zero attached hydrogens (tertiary/aromatic N) is 4. The van der Waals surface area contributed by atoms with E-state index in [0.29, 0.717) is 30.2 Å². The highest BCUT2D eigenvalue weighted by molar-refractivity contribution is 6.08. The van der Waals surface area contributed by atoms with E-state index in [0.717, 1.165) is 11.3 Å². The Labute approximate surface area is 161 Å². The molecule has 2 N–H and O–H groups in total. The van der Waals surface area contributed by atoms with E-state index in [2.05, 4.69) is 20.3 Å². The number of nitrogens with one attached hydrogen (secondary N) is 2. The lowest BCUT2D eigenvalue weighted by molar-refractivity contribution is -0.121. The van der Waals surface area contributed by atoms with E-state index in [1.54, 1.807) is 11.1 Å². The van der Waals surface area contributed by atoms with Crippen LogP contribution in [-0.2, 0) is 17.3 Å². The molecule has 2 aliphatic heterocycles. The normalized spacial score (nSPS) is 23.3. The van der Waals surface area contributed by atoms with Crippen molar-refractivity contribution in [3.63, 3.8) is 0 Å². The quantitative estimate of drug-likeness (QED) is 0.714. The minimum atomic E-state index is -0.865. The number of carbonyl (C=O) groups is 2. The zero-order valence-electron chi connectivity index (χ0n) is 15.6. The molecule has 2 aromatic heterocycles. The Morgan fingerprint density at radius 1 is 1.29 bits per heavy atom. The summed E-state index contributed by atoms with van der Waals surface area (Å²) in [6, 6.07) is 7.19. The van der Waals surface area contributed by atoms with Crippen molar-refractivity contribution in [1.29, 1.82) is 0 Å². The van der Waals surface area contributed by atoms with Gasteiger partial charge in [-0.3, -0.25) is 9.59 Å². The Hall–Kier alpha value is -3.42. The number of benzene rings is 1. The number of imidazole rings is 2. The number of aromatic nitrogens is 4. The van der Waals surface area contributed by atoms with E-state index in [1.807, 2.05) is 49.0 Å². The summed E-state index contributed by atoms with van der Waals surface area (Å²) in [7, 11) is 1.88. The van der Waals surface area contributed by atoms with Crippen molar-refractivity contribution < 1.29 is 9.59 Å². The zero-order chi connectivity index (χ0) is 19.5. The molecule has 0 radical (unpaired) electrons. The van der Waals surface area contributed by atoms with Crippen molar-refractivity contribution in [1.82, 2.24) is 24.4 Å². The number of hydrogen-bond acceptors (Lipinski definition) is 4. The van der Waals surface area contributed by atoms with Gasteiger partial charge in [0.1, 0.15) is 23.0 Å². The third kappa shape index (κ3) is 2.05. The van der Waals surface area contributed by atoms with E-state index in [1.165, 1.54) is 6.33 Å². The van der Waals surface area contributed by atoms with E-state index in [-0.39, 0.29) is 11.8 Å². The zero-order valence-corrected chi connectivity index (χ0v) is 15.6. The Balaban J connectivity index is 1.70.